The number of nitrogens with zero attached hydrogens (tertiary/aromatic N) is 2. The minimum absolute atomic E-state index is 0.152. The van der Waals surface area contributed by atoms with Crippen LogP contribution >= 0.6 is 0 Å². The fraction of sp³-hybridized carbons (Fsp3) is 0.357. The van der Waals surface area contributed by atoms with Crippen molar-refractivity contribution in [2.24, 2.45) is 0 Å². The molecule has 1 heterocycles. The van der Waals surface area contributed by atoms with Crippen LogP contribution in [0.5, 0.6) is 0 Å². The Morgan fingerprint density at radius 2 is 1.70 bits per heavy atom. The van der Waals surface area contributed by atoms with E-state index in [-0.39, 0.29) is 11.4 Å². The van der Waals surface area contributed by atoms with Gasteiger partial charge in [0.25, 0.3) is 5.91 Å². The molecule has 2 aromatic carbocycles. The second-order valence-corrected chi connectivity index (χ2v) is 8.25. The Hall–Kier alpha value is -3.18. The SMILES string of the molecule is CCc1ccc(C2C(C(=O)C=Cc3ccccc3)=C(O)C(=O)N2CCCN(CC)CC)cc1. The summed E-state index contributed by atoms with van der Waals surface area (Å²) < 4.78 is 0. The zero-order valence-electron chi connectivity index (χ0n) is 19.8. The average molecular weight is 447 g/mol. The molecule has 174 valence electrons. The summed E-state index contributed by atoms with van der Waals surface area (Å²) in [4.78, 5) is 30.2. The predicted molar refractivity (Wildman–Crippen MR) is 133 cm³/mol. The number of rotatable bonds is 11. The van der Waals surface area contributed by atoms with Crippen LogP contribution in [0.1, 0.15) is 49.9 Å². The first kappa shape index (κ1) is 24.5. The molecule has 1 atom stereocenters. The first-order chi connectivity index (χ1) is 16.0. The molecule has 2 aromatic rings. The van der Waals surface area contributed by atoms with Gasteiger partial charge in [0.05, 0.1) is 11.6 Å². The van der Waals surface area contributed by atoms with Gasteiger partial charge in [-0.15, -0.1) is 0 Å². The number of allylic oxidation sites excluding steroid dienone is 1. The molecule has 0 saturated carbocycles. The number of ketones is 1. The number of aryl methyl sites for hydroxylation is 1. The number of amides is 1. The van der Waals surface area contributed by atoms with Crippen LogP contribution in [-0.4, -0.2) is 52.8 Å². The molecule has 0 bridgehead atoms. The molecule has 0 radical (unpaired) electrons. The van der Waals surface area contributed by atoms with Crippen LogP contribution in [0.2, 0.25) is 0 Å². The maximum absolute atomic E-state index is 13.2. The normalized spacial score (nSPS) is 16.4. The van der Waals surface area contributed by atoms with Crippen LogP contribution in [0, 0.1) is 0 Å². The van der Waals surface area contributed by atoms with Crippen molar-refractivity contribution in [1.29, 1.82) is 0 Å². The third kappa shape index (κ3) is 5.79. The lowest BCUT2D eigenvalue weighted by molar-refractivity contribution is -0.129. The van der Waals surface area contributed by atoms with E-state index < -0.39 is 17.7 Å². The van der Waals surface area contributed by atoms with E-state index in [9.17, 15) is 14.7 Å². The summed E-state index contributed by atoms with van der Waals surface area (Å²) in [5.74, 6) is -1.26. The molecule has 33 heavy (non-hydrogen) atoms. The first-order valence-corrected chi connectivity index (χ1v) is 11.8. The molecular formula is C28H34N2O3. The average Bonchev–Trinajstić information content (AvgIpc) is 3.11. The Balaban J connectivity index is 1.90. The number of hydrogen-bond acceptors (Lipinski definition) is 4. The molecule has 1 amide bonds. The van der Waals surface area contributed by atoms with E-state index in [2.05, 4.69) is 25.7 Å². The number of carbonyl (C=O) groups is 2. The maximum Gasteiger partial charge on any atom is 0.290 e. The van der Waals surface area contributed by atoms with E-state index >= 15 is 0 Å². The molecule has 1 aliphatic rings. The van der Waals surface area contributed by atoms with Gasteiger partial charge in [-0.05, 0) is 55.2 Å². The highest BCUT2D eigenvalue weighted by Crippen LogP contribution is 2.38. The van der Waals surface area contributed by atoms with Crippen molar-refractivity contribution < 1.29 is 14.7 Å². The lowest BCUT2D eigenvalue weighted by atomic mass is 9.94. The van der Waals surface area contributed by atoms with E-state index in [0.29, 0.717) is 6.54 Å². The molecule has 5 heteroatoms. The topological polar surface area (TPSA) is 60.9 Å². The predicted octanol–water partition coefficient (Wildman–Crippen LogP) is 4.96. The second-order valence-electron chi connectivity index (χ2n) is 8.25. The quantitative estimate of drug-likeness (QED) is 0.496. The summed E-state index contributed by atoms with van der Waals surface area (Å²) in [6.45, 7) is 9.54. The third-order valence-electron chi connectivity index (χ3n) is 6.27. The van der Waals surface area contributed by atoms with Gasteiger partial charge in [-0.2, -0.15) is 0 Å². The smallest absolute Gasteiger partial charge is 0.290 e. The van der Waals surface area contributed by atoms with Crippen LogP contribution in [0.15, 0.2) is 72.0 Å². The lowest BCUT2D eigenvalue weighted by Gasteiger charge is -2.28. The number of carbonyl (C=O) groups excluding carboxylic acids is 2. The summed E-state index contributed by atoms with van der Waals surface area (Å²) in [5, 5.41) is 10.8. The van der Waals surface area contributed by atoms with Crippen LogP contribution in [0.25, 0.3) is 6.08 Å². The van der Waals surface area contributed by atoms with Crippen molar-refractivity contribution in [3.05, 3.63) is 88.7 Å². The van der Waals surface area contributed by atoms with Crippen LogP contribution in [0.4, 0.5) is 0 Å². The van der Waals surface area contributed by atoms with Crippen LogP contribution in [0.3, 0.4) is 0 Å². The minimum Gasteiger partial charge on any atom is -0.503 e. The van der Waals surface area contributed by atoms with Crippen LogP contribution in [-0.2, 0) is 16.0 Å². The van der Waals surface area contributed by atoms with Gasteiger partial charge in [0.15, 0.2) is 11.5 Å². The minimum atomic E-state index is -0.590. The Morgan fingerprint density at radius 1 is 1.03 bits per heavy atom. The summed E-state index contributed by atoms with van der Waals surface area (Å²) in [6.07, 6.45) is 4.84. The summed E-state index contributed by atoms with van der Waals surface area (Å²) in [7, 11) is 0. The van der Waals surface area contributed by atoms with E-state index in [1.54, 1.807) is 11.0 Å². The molecular weight excluding hydrogens is 412 g/mol. The second kappa shape index (κ2) is 11.6. The summed E-state index contributed by atoms with van der Waals surface area (Å²) >= 11 is 0. The molecule has 0 aromatic heterocycles. The highest BCUT2D eigenvalue weighted by molar-refractivity contribution is 6.14. The van der Waals surface area contributed by atoms with Gasteiger partial charge in [-0.1, -0.05) is 81.4 Å². The summed E-state index contributed by atoms with van der Waals surface area (Å²) in [5.41, 5.74) is 3.06. The number of aliphatic hydroxyl groups is 1. The molecule has 1 unspecified atom stereocenters. The van der Waals surface area contributed by atoms with Gasteiger partial charge in [-0.3, -0.25) is 9.59 Å². The van der Waals surface area contributed by atoms with E-state index in [1.165, 1.54) is 11.6 Å². The van der Waals surface area contributed by atoms with E-state index in [1.807, 2.05) is 54.6 Å². The highest BCUT2D eigenvalue weighted by atomic mass is 16.3. The number of benzene rings is 2. The Morgan fingerprint density at radius 3 is 2.30 bits per heavy atom. The Bertz CT molecular complexity index is 1010. The van der Waals surface area contributed by atoms with Crippen molar-refractivity contribution in [1.82, 2.24) is 9.80 Å². The van der Waals surface area contributed by atoms with Crippen molar-refractivity contribution in [2.75, 3.05) is 26.2 Å². The molecule has 5 nitrogen and oxygen atoms in total. The molecule has 1 aliphatic heterocycles. The Labute approximate surface area is 197 Å². The molecule has 0 fully saturated rings. The standard InChI is InChI=1S/C28H34N2O3/c1-4-21-13-16-23(17-14-21)26-25(24(31)18-15-22-11-8-7-9-12-22)27(32)28(33)30(26)20-10-19-29(5-2)6-3/h7-9,11-18,26,32H,4-6,10,19-20H2,1-3H3. The lowest BCUT2D eigenvalue weighted by Crippen LogP contribution is -2.34. The molecule has 1 N–H and O–H groups in total. The summed E-state index contributed by atoms with van der Waals surface area (Å²) in [6, 6.07) is 16.9. The van der Waals surface area contributed by atoms with Gasteiger partial charge in [-0.25, -0.2) is 0 Å². The van der Waals surface area contributed by atoms with Gasteiger partial charge < -0.3 is 14.9 Å². The molecule has 0 saturated heterocycles. The molecule has 0 spiro atoms. The zero-order valence-corrected chi connectivity index (χ0v) is 19.8. The van der Waals surface area contributed by atoms with E-state index in [4.69, 9.17) is 0 Å². The number of hydrogen-bond donors (Lipinski definition) is 1. The molecule has 0 aliphatic carbocycles. The highest BCUT2D eigenvalue weighted by Gasteiger charge is 2.42. The fourth-order valence-electron chi connectivity index (χ4n) is 4.25. The van der Waals surface area contributed by atoms with Gasteiger partial charge in [0.1, 0.15) is 0 Å². The number of aliphatic hydroxyl groups excluding tert-OH is 1. The van der Waals surface area contributed by atoms with Gasteiger partial charge in [0, 0.05) is 6.54 Å². The largest absolute Gasteiger partial charge is 0.503 e. The van der Waals surface area contributed by atoms with Crippen molar-refractivity contribution in [3.8, 4) is 0 Å². The van der Waals surface area contributed by atoms with Crippen LogP contribution < -0.4 is 0 Å². The van der Waals surface area contributed by atoms with Crippen molar-refractivity contribution in [3.63, 3.8) is 0 Å². The van der Waals surface area contributed by atoms with Gasteiger partial charge >= 0.3 is 0 Å². The van der Waals surface area contributed by atoms with E-state index in [0.717, 1.165) is 43.6 Å². The third-order valence-corrected chi connectivity index (χ3v) is 6.27. The van der Waals surface area contributed by atoms with Crippen molar-refractivity contribution >= 4 is 17.8 Å². The first-order valence-electron chi connectivity index (χ1n) is 11.8. The van der Waals surface area contributed by atoms with Gasteiger partial charge in [0.2, 0.25) is 0 Å². The Kier molecular flexibility index (Phi) is 8.61. The monoisotopic (exact) mass is 446 g/mol. The maximum atomic E-state index is 13.2. The zero-order chi connectivity index (χ0) is 23.8. The van der Waals surface area contributed by atoms with Crippen molar-refractivity contribution in [2.45, 2.75) is 39.7 Å². The molecule has 3 rings (SSSR count). The fourth-order valence-corrected chi connectivity index (χ4v) is 4.25.